The van der Waals surface area contributed by atoms with E-state index in [4.69, 9.17) is 10.5 Å². The minimum Gasteiger partial charge on any atom is -0.457 e. The molecule has 0 bridgehead atoms. The molecular formula is C27H34N2O2. The number of carbonyl (C=O) groups excluding carboxylic acids is 1. The van der Waals surface area contributed by atoms with Gasteiger partial charge in [-0.25, -0.2) is 0 Å². The van der Waals surface area contributed by atoms with Gasteiger partial charge in [-0.2, -0.15) is 0 Å². The maximum absolute atomic E-state index is 12.5. The predicted octanol–water partition coefficient (Wildman–Crippen LogP) is 6.11. The number of amides is 1. The number of allylic oxidation sites excluding steroid dienone is 4. The molecule has 1 amide bonds. The third-order valence-corrected chi connectivity index (χ3v) is 4.81. The zero-order valence-corrected chi connectivity index (χ0v) is 19.3. The molecular weight excluding hydrogens is 384 g/mol. The number of aryl methyl sites for hydroxylation is 2. The van der Waals surface area contributed by atoms with E-state index in [-0.39, 0.29) is 5.91 Å². The fourth-order valence-electron chi connectivity index (χ4n) is 3.06. The van der Waals surface area contributed by atoms with Crippen molar-refractivity contribution in [1.29, 1.82) is 0 Å². The first-order valence-electron chi connectivity index (χ1n) is 10.7. The molecule has 0 aliphatic rings. The first kappa shape index (κ1) is 24.0. The highest BCUT2D eigenvalue weighted by Crippen LogP contribution is 2.25. The molecule has 0 aliphatic carbocycles. The number of ether oxygens (including phenoxy) is 1. The SMILES string of the molecule is CCCc1cc(Oc2ccc(CNC(=O)C(/C=C\C=C(C)C)=C(/C)N)cc2)ccc1C. The Bertz CT molecular complexity index is 975. The summed E-state index contributed by atoms with van der Waals surface area (Å²) in [6.45, 7) is 10.4. The number of hydrogen-bond acceptors (Lipinski definition) is 3. The standard InChI is InChI=1S/C27H34N2O2/c1-6-8-23-17-25(14-11-20(23)4)31-24-15-12-22(13-16-24)18-29-27(30)26(21(5)28)10-7-9-19(2)3/h7,9-17H,6,8,18,28H2,1-5H3,(H,29,30)/b10-7-,26-21-. The number of nitrogens with one attached hydrogen (secondary N) is 1. The topological polar surface area (TPSA) is 64.3 Å². The van der Waals surface area contributed by atoms with Crippen LogP contribution in [0.3, 0.4) is 0 Å². The number of rotatable bonds is 9. The van der Waals surface area contributed by atoms with Crippen LogP contribution in [0.4, 0.5) is 0 Å². The van der Waals surface area contributed by atoms with Crippen molar-refractivity contribution in [2.24, 2.45) is 5.73 Å². The van der Waals surface area contributed by atoms with E-state index in [1.807, 2.05) is 56.3 Å². The molecule has 0 radical (unpaired) electrons. The van der Waals surface area contributed by atoms with Crippen LogP contribution in [0.1, 0.15) is 50.8 Å². The summed E-state index contributed by atoms with van der Waals surface area (Å²) in [7, 11) is 0. The van der Waals surface area contributed by atoms with Crippen LogP contribution in [0.5, 0.6) is 11.5 Å². The van der Waals surface area contributed by atoms with Crippen LogP contribution in [0.25, 0.3) is 0 Å². The van der Waals surface area contributed by atoms with Crippen LogP contribution in [0.15, 0.2) is 77.5 Å². The van der Waals surface area contributed by atoms with Crippen LogP contribution >= 0.6 is 0 Å². The molecule has 2 aromatic rings. The summed E-state index contributed by atoms with van der Waals surface area (Å²) >= 11 is 0. The minimum absolute atomic E-state index is 0.193. The highest BCUT2D eigenvalue weighted by atomic mass is 16.5. The monoisotopic (exact) mass is 418 g/mol. The second-order valence-electron chi connectivity index (χ2n) is 7.97. The van der Waals surface area contributed by atoms with Gasteiger partial charge in [-0.15, -0.1) is 0 Å². The van der Waals surface area contributed by atoms with Gasteiger partial charge in [-0.1, -0.05) is 49.3 Å². The molecule has 0 aromatic heterocycles. The fourth-order valence-corrected chi connectivity index (χ4v) is 3.06. The van der Waals surface area contributed by atoms with Crippen molar-refractivity contribution in [3.05, 3.63) is 94.2 Å². The third-order valence-electron chi connectivity index (χ3n) is 4.81. The zero-order valence-electron chi connectivity index (χ0n) is 19.3. The van der Waals surface area contributed by atoms with Crippen molar-refractivity contribution < 1.29 is 9.53 Å². The van der Waals surface area contributed by atoms with Crippen LogP contribution in [-0.4, -0.2) is 5.91 Å². The zero-order chi connectivity index (χ0) is 22.8. The predicted molar refractivity (Wildman–Crippen MR) is 129 cm³/mol. The Labute approximate surface area is 186 Å². The lowest BCUT2D eigenvalue weighted by Gasteiger charge is -2.11. The Morgan fingerprint density at radius 3 is 2.35 bits per heavy atom. The lowest BCUT2D eigenvalue weighted by molar-refractivity contribution is -0.117. The van der Waals surface area contributed by atoms with Gasteiger partial charge in [0.2, 0.25) is 0 Å². The molecule has 0 heterocycles. The smallest absolute Gasteiger partial charge is 0.253 e. The molecule has 0 spiro atoms. The second kappa shape index (κ2) is 11.8. The maximum atomic E-state index is 12.5. The van der Waals surface area contributed by atoms with E-state index in [0.717, 1.165) is 35.5 Å². The summed E-state index contributed by atoms with van der Waals surface area (Å²) in [5, 5.41) is 2.93. The molecule has 2 rings (SSSR count). The molecule has 0 saturated carbocycles. The van der Waals surface area contributed by atoms with Gasteiger partial charge in [0, 0.05) is 12.2 Å². The molecule has 4 heteroatoms. The first-order chi connectivity index (χ1) is 14.8. The van der Waals surface area contributed by atoms with E-state index in [2.05, 4.69) is 31.3 Å². The Hall–Kier alpha value is -3.27. The summed E-state index contributed by atoms with van der Waals surface area (Å²) < 4.78 is 6.01. The van der Waals surface area contributed by atoms with Crippen molar-refractivity contribution in [3.63, 3.8) is 0 Å². The van der Waals surface area contributed by atoms with Gasteiger partial charge in [0.25, 0.3) is 5.91 Å². The highest BCUT2D eigenvalue weighted by molar-refractivity contribution is 5.96. The maximum Gasteiger partial charge on any atom is 0.253 e. The van der Waals surface area contributed by atoms with E-state index < -0.39 is 0 Å². The van der Waals surface area contributed by atoms with Crippen molar-refractivity contribution in [1.82, 2.24) is 5.32 Å². The van der Waals surface area contributed by atoms with Crippen molar-refractivity contribution in [2.45, 2.75) is 54.0 Å². The van der Waals surface area contributed by atoms with Crippen molar-refractivity contribution in [3.8, 4) is 11.5 Å². The van der Waals surface area contributed by atoms with Gasteiger partial charge in [-0.3, -0.25) is 4.79 Å². The van der Waals surface area contributed by atoms with Crippen molar-refractivity contribution >= 4 is 5.91 Å². The van der Waals surface area contributed by atoms with Gasteiger partial charge >= 0.3 is 0 Å². The average molecular weight is 419 g/mol. The van der Waals surface area contributed by atoms with Crippen molar-refractivity contribution in [2.75, 3.05) is 0 Å². The van der Waals surface area contributed by atoms with Crippen LogP contribution in [0.2, 0.25) is 0 Å². The summed E-state index contributed by atoms with van der Waals surface area (Å²) in [6.07, 6.45) is 7.67. The van der Waals surface area contributed by atoms with Crippen LogP contribution < -0.4 is 15.8 Å². The summed E-state index contributed by atoms with van der Waals surface area (Å²) in [5.41, 5.74) is 11.6. The lowest BCUT2D eigenvalue weighted by Crippen LogP contribution is -2.25. The molecule has 164 valence electrons. The lowest BCUT2D eigenvalue weighted by atomic mass is 10.0. The Balaban J connectivity index is 1.99. The summed E-state index contributed by atoms with van der Waals surface area (Å²) in [4.78, 5) is 12.5. The van der Waals surface area contributed by atoms with E-state index in [9.17, 15) is 4.79 Å². The molecule has 0 saturated heterocycles. The van der Waals surface area contributed by atoms with Gasteiger partial charge in [0.05, 0.1) is 5.57 Å². The molecule has 2 aromatic carbocycles. The number of hydrogen-bond donors (Lipinski definition) is 2. The molecule has 31 heavy (non-hydrogen) atoms. The molecule has 4 nitrogen and oxygen atoms in total. The molecule has 0 unspecified atom stereocenters. The van der Waals surface area contributed by atoms with E-state index in [1.54, 1.807) is 13.0 Å². The first-order valence-corrected chi connectivity index (χ1v) is 10.7. The largest absolute Gasteiger partial charge is 0.457 e. The number of nitrogens with two attached hydrogens (primary N) is 1. The number of carbonyl (C=O) groups is 1. The van der Waals surface area contributed by atoms with E-state index in [0.29, 0.717) is 17.8 Å². The quantitative estimate of drug-likeness (QED) is 0.381. The molecule has 0 fully saturated rings. The molecule has 0 atom stereocenters. The Kier molecular flexibility index (Phi) is 9.13. The van der Waals surface area contributed by atoms with Gasteiger partial charge in [0.1, 0.15) is 11.5 Å². The number of benzene rings is 2. The van der Waals surface area contributed by atoms with E-state index >= 15 is 0 Å². The summed E-state index contributed by atoms with van der Waals surface area (Å²) in [5.74, 6) is 1.41. The molecule has 0 aliphatic heterocycles. The average Bonchev–Trinajstić information content (AvgIpc) is 2.72. The van der Waals surface area contributed by atoms with Crippen LogP contribution in [0, 0.1) is 6.92 Å². The summed E-state index contributed by atoms with van der Waals surface area (Å²) in [6, 6.07) is 13.9. The van der Waals surface area contributed by atoms with Crippen LogP contribution in [-0.2, 0) is 17.8 Å². The van der Waals surface area contributed by atoms with Gasteiger partial charge in [0.15, 0.2) is 0 Å². The fraction of sp³-hybridized carbons (Fsp3) is 0.296. The minimum atomic E-state index is -0.193. The highest BCUT2D eigenvalue weighted by Gasteiger charge is 2.09. The van der Waals surface area contributed by atoms with Gasteiger partial charge < -0.3 is 15.8 Å². The second-order valence-corrected chi connectivity index (χ2v) is 7.97. The Morgan fingerprint density at radius 2 is 1.74 bits per heavy atom. The normalized spacial score (nSPS) is 11.8. The Morgan fingerprint density at radius 1 is 1.06 bits per heavy atom. The van der Waals surface area contributed by atoms with E-state index in [1.165, 1.54) is 11.1 Å². The van der Waals surface area contributed by atoms with Gasteiger partial charge in [-0.05, 0) is 81.1 Å². The third kappa shape index (κ3) is 7.82. The molecule has 3 N–H and O–H groups in total.